The standard InChI is InChI=1S/C9H16N2O3S/c10-2-1-8(12)11-3-4-15-6-7(11)5-9(13)14/h7H,1-6,10H2,(H,13,14). The fraction of sp³-hybridized carbons (Fsp3) is 0.778. The Morgan fingerprint density at radius 1 is 1.53 bits per heavy atom. The van der Waals surface area contributed by atoms with Gasteiger partial charge in [-0.1, -0.05) is 0 Å². The molecule has 1 aliphatic rings. The van der Waals surface area contributed by atoms with E-state index in [2.05, 4.69) is 0 Å². The Labute approximate surface area is 93.0 Å². The lowest BCUT2D eigenvalue weighted by Gasteiger charge is -2.34. The van der Waals surface area contributed by atoms with Crippen molar-refractivity contribution in [3.05, 3.63) is 0 Å². The van der Waals surface area contributed by atoms with Crippen molar-refractivity contribution in [3.8, 4) is 0 Å². The SMILES string of the molecule is NCCC(=O)N1CCSCC1CC(=O)O. The second-order valence-corrected chi connectivity index (χ2v) is 4.60. The highest BCUT2D eigenvalue weighted by molar-refractivity contribution is 7.99. The zero-order valence-electron chi connectivity index (χ0n) is 8.52. The van der Waals surface area contributed by atoms with Gasteiger partial charge in [-0.25, -0.2) is 0 Å². The van der Waals surface area contributed by atoms with Crippen molar-refractivity contribution in [3.63, 3.8) is 0 Å². The molecule has 5 nitrogen and oxygen atoms in total. The second kappa shape index (κ2) is 5.97. The van der Waals surface area contributed by atoms with Crippen LogP contribution in [0.1, 0.15) is 12.8 Å². The topological polar surface area (TPSA) is 83.6 Å². The summed E-state index contributed by atoms with van der Waals surface area (Å²) in [6.45, 7) is 0.962. The van der Waals surface area contributed by atoms with E-state index in [-0.39, 0.29) is 18.4 Å². The summed E-state index contributed by atoms with van der Waals surface area (Å²) in [6.07, 6.45) is 0.337. The van der Waals surface area contributed by atoms with E-state index in [0.717, 1.165) is 5.75 Å². The molecular formula is C9H16N2O3S. The molecule has 1 aliphatic heterocycles. The van der Waals surface area contributed by atoms with Crippen LogP contribution in [-0.4, -0.2) is 52.5 Å². The number of amides is 1. The fourth-order valence-corrected chi connectivity index (χ4v) is 2.68. The minimum absolute atomic E-state index is 0.0240. The van der Waals surface area contributed by atoms with Crippen LogP contribution in [-0.2, 0) is 9.59 Å². The molecule has 0 spiro atoms. The number of carbonyl (C=O) groups excluding carboxylic acids is 1. The van der Waals surface area contributed by atoms with Gasteiger partial charge in [0, 0.05) is 31.0 Å². The van der Waals surface area contributed by atoms with E-state index in [0.29, 0.717) is 25.3 Å². The minimum atomic E-state index is -0.854. The molecular weight excluding hydrogens is 216 g/mol. The van der Waals surface area contributed by atoms with Crippen LogP contribution in [0.25, 0.3) is 0 Å². The Kier molecular flexibility index (Phi) is 4.90. The third-order valence-electron chi connectivity index (χ3n) is 2.32. The summed E-state index contributed by atoms with van der Waals surface area (Å²) >= 11 is 1.70. The lowest BCUT2D eigenvalue weighted by atomic mass is 10.2. The molecule has 6 heteroatoms. The molecule has 0 bridgehead atoms. The van der Waals surface area contributed by atoms with E-state index in [4.69, 9.17) is 10.8 Å². The molecule has 0 aromatic heterocycles. The molecule has 15 heavy (non-hydrogen) atoms. The van der Waals surface area contributed by atoms with Crippen LogP contribution >= 0.6 is 11.8 Å². The Hall–Kier alpha value is -0.750. The van der Waals surface area contributed by atoms with E-state index in [1.807, 2.05) is 0 Å². The van der Waals surface area contributed by atoms with E-state index >= 15 is 0 Å². The van der Waals surface area contributed by atoms with Crippen LogP contribution in [0.4, 0.5) is 0 Å². The molecule has 0 aromatic carbocycles. The van der Waals surface area contributed by atoms with E-state index in [9.17, 15) is 9.59 Å². The predicted octanol–water partition coefficient (Wildman–Crippen LogP) is -0.246. The number of carboxylic acid groups (broad SMARTS) is 1. The van der Waals surface area contributed by atoms with Crippen molar-refractivity contribution in [2.75, 3.05) is 24.6 Å². The Morgan fingerprint density at radius 2 is 2.27 bits per heavy atom. The number of hydrogen-bond donors (Lipinski definition) is 2. The zero-order chi connectivity index (χ0) is 11.3. The molecule has 0 saturated carbocycles. The molecule has 1 rings (SSSR count). The van der Waals surface area contributed by atoms with Gasteiger partial charge in [0.15, 0.2) is 0 Å². The highest BCUT2D eigenvalue weighted by atomic mass is 32.2. The maximum Gasteiger partial charge on any atom is 0.305 e. The van der Waals surface area contributed by atoms with Crippen LogP contribution in [0.5, 0.6) is 0 Å². The van der Waals surface area contributed by atoms with Gasteiger partial charge in [0.1, 0.15) is 0 Å². The van der Waals surface area contributed by atoms with Gasteiger partial charge >= 0.3 is 5.97 Å². The number of thioether (sulfide) groups is 1. The number of rotatable bonds is 4. The number of nitrogens with zero attached hydrogens (tertiary/aromatic N) is 1. The molecule has 0 radical (unpaired) electrons. The summed E-state index contributed by atoms with van der Waals surface area (Å²) in [5.41, 5.74) is 5.31. The van der Waals surface area contributed by atoms with Gasteiger partial charge in [-0.2, -0.15) is 11.8 Å². The number of carboxylic acids is 1. The third kappa shape index (κ3) is 3.71. The van der Waals surface area contributed by atoms with Gasteiger partial charge in [-0.15, -0.1) is 0 Å². The van der Waals surface area contributed by atoms with Crippen molar-refractivity contribution in [2.24, 2.45) is 5.73 Å². The molecule has 0 aliphatic carbocycles. The number of carbonyl (C=O) groups is 2. The Morgan fingerprint density at radius 3 is 2.87 bits per heavy atom. The first-order valence-corrected chi connectivity index (χ1v) is 6.09. The van der Waals surface area contributed by atoms with Gasteiger partial charge in [-0.05, 0) is 0 Å². The predicted molar refractivity (Wildman–Crippen MR) is 58.8 cm³/mol. The summed E-state index contributed by atoms with van der Waals surface area (Å²) < 4.78 is 0. The van der Waals surface area contributed by atoms with Crippen molar-refractivity contribution >= 4 is 23.6 Å². The fourth-order valence-electron chi connectivity index (χ4n) is 1.62. The van der Waals surface area contributed by atoms with Crippen molar-refractivity contribution in [1.29, 1.82) is 0 Å². The molecule has 0 aromatic rings. The van der Waals surface area contributed by atoms with Crippen molar-refractivity contribution in [1.82, 2.24) is 4.90 Å². The summed E-state index contributed by atoms with van der Waals surface area (Å²) in [5.74, 6) is 0.715. The van der Waals surface area contributed by atoms with E-state index in [1.165, 1.54) is 0 Å². The molecule has 1 atom stereocenters. The van der Waals surface area contributed by atoms with Gasteiger partial charge in [0.25, 0.3) is 0 Å². The van der Waals surface area contributed by atoms with Gasteiger partial charge in [0.2, 0.25) is 5.91 Å². The molecule has 1 fully saturated rings. The Balaban J connectivity index is 2.56. The number of nitrogens with two attached hydrogens (primary N) is 1. The lowest BCUT2D eigenvalue weighted by Crippen LogP contribution is -2.47. The first kappa shape index (κ1) is 12.3. The molecule has 86 valence electrons. The summed E-state index contributed by atoms with van der Waals surface area (Å²) in [5, 5.41) is 8.72. The van der Waals surface area contributed by atoms with Crippen LogP contribution < -0.4 is 5.73 Å². The zero-order valence-corrected chi connectivity index (χ0v) is 9.33. The van der Waals surface area contributed by atoms with Crippen LogP contribution in [0.15, 0.2) is 0 Å². The highest BCUT2D eigenvalue weighted by Crippen LogP contribution is 2.19. The number of aliphatic carboxylic acids is 1. The van der Waals surface area contributed by atoms with E-state index in [1.54, 1.807) is 16.7 Å². The Bertz CT molecular complexity index is 248. The van der Waals surface area contributed by atoms with Gasteiger partial charge in [0.05, 0.1) is 12.5 Å². The van der Waals surface area contributed by atoms with E-state index < -0.39 is 5.97 Å². The maximum absolute atomic E-state index is 11.6. The smallest absolute Gasteiger partial charge is 0.305 e. The lowest BCUT2D eigenvalue weighted by molar-refractivity contribution is -0.140. The summed E-state index contributed by atoms with van der Waals surface area (Å²) in [4.78, 5) is 23.9. The quantitative estimate of drug-likeness (QED) is 0.698. The molecule has 1 heterocycles. The maximum atomic E-state index is 11.6. The van der Waals surface area contributed by atoms with Crippen molar-refractivity contribution < 1.29 is 14.7 Å². The average Bonchev–Trinajstić information content (AvgIpc) is 2.18. The summed E-state index contributed by atoms with van der Waals surface area (Å²) in [6, 6.07) is -0.166. The molecule has 1 amide bonds. The first-order valence-electron chi connectivity index (χ1n) is 4.94. The first-order chi connectivity index (χ1) is 7.15. The highest BCUT2D eigenvalue weighted by Gasteiger charge is 2.27. The van der Waals surface area contributed by atoms with Gasteiger partial charge < -0.3 is 15.7 Å². The van der Waals surface area contributed by atoms with Crippen LogP contribution in [0, 0.1) is 0 Å². The van der Waals surface area contributed by atoms with Gasteiger partial charge in [-0.3, -0.25) is 9.59 Å². The average molecular weight is 232 g/mol. The van der Waals surface area contributed by atoms with Crippen molar-refractivity contribution in [2.45, 2.75) is 18.9 Å². The largest absolute Gasteiger partial charge is 0.481 e. The second-order valence-electron chi connectivity index (χ2n) is 3.45. The third-order valence-corrected chi connectivity index (χ3v) is 3.41. The minimum Gasteiger partial charge on any atom is -0.481 e. The molecule has 1 unspecified atom stereocenters. The molecule has 3 N–H and O–H groups in total. The monoisotopic (exact) mass is 232 g/mol. The number of hydrogen-bond acceptors (Lipinski definition) is 4. The molecule has 1 saturated heterocycles. The van der Waals surface area contributed by atoms with Crippen LogP contribution in [0.3, 0.4) is 0 Å². The normalized spacial score (nSPS) is 21.4. The van der Waals surface area contributed by atoms with Crippen LogP contribution in [0.2, 0.25) is 0 Å². The summed E-state index contributed by atoms with van der Waals surface area (Å²) in [7, 11) is 0.